The predicted octanol–water partition coefficient (Wildman–Crippen LogP) is 1.69. The third-order valence-electron chi connectivity index (χ3n) is 2.41. The van der Waals surface area contributed by atoms with E-state index < -0.39 is 0 Å². The molecule has 0 amide bonds. The van der Waals surface area contributed by atoms with Gasteiger partial charge in [0.05, 0.1) is 0 Å². The Labute approximate surface area is 84.9 Å². The first-order valence-corrected chi connectivity index (χ1v) is 5.03. The minimum atomic E-state index is 0.261. The van der Waals surface area contributed by atoms with Crippen molar-refractivity contribution in [2.75, 3.05) is 6.54 Å². The summed E-state index contributed by atoms with van der Waals surface area (Å²) in [6, 6.07) is 0. The van der Waals surface area contributed by atoms with Gasteiger partial charge in [-0.2, -0.15) is 4.98 Å². The lowest BCUT2D eigenvalue weighted by molar-refractivity contribution is 0.289. The van der Waals surface area contributed by atoms with E-state index in [9.17, 15) is 0 Å². The summed E-state index contributed by atoms with van der Waals surface area (Å²) in [5, 5.41) is 3.75. The molecule has 0 aliphatic carbocycles. The highest BCUT2D eigenvalue weighted by Gasteiger charge is 2.18. The van der Waals surface area contributed by atoms with Crippen LogP contribution in [0.25, 0.3) is 0 Å². The highest BCUT2D eigenvalue weighted by Crippen LogP contribution is 2.25. The third-order valence-corrected chi connectivity index (χ3v) is 2.41. The lowest BCUT2D eigenvalue weighted by Crippen LogP contribution is -2.17. The Hall–Kier alpha value is -0.900. The van der Waals surface area contributed by atoms with Crippen molar-refractivity contribution in [3.05, 3.63) is 11.7 Å². The fourth-order valence-corrected chi connectivity index (χ4v) is 1.40. The van der Waals surface area contributed by atoms with Crippen LogP contribution in [0.15, 0.2) is 4.52 Å². The van der Waals surface area contributed by atoms with Gasteiger partial charge in [-0.3, -0.25) is 0 Å². The van der Waals surface area contributed by atoms with Gasteiger partial charge in [0.1, 0.15) is 0 Å². The van der Waals surface area contributed by atoms with Crippen LogP contribution in [0.4, 0.5) is 0 Å². The molecule has 4 heteroatoms. The Morgan fingerprint density at radius 3 is 2.57 bits per heavy atom. The number of aryl methyl sites for hydroxylation is 2. The van der Waals surface area contributed by atoms with Crippen LogP contribution in [0.1, 0.15) is 38.4 Å². The summed E-state index contributed by atoms with van der Waals surface area (Å²) in [6.07, 6.45) is 2.90. The van der Waals surface area contributed by atoms with Crippen LogP contribution < -0.4 is 5.73 Å². The van der Waals surface area contributed by atoms with Crippen molar-refractivity contribution >= 4 is 0 Å². The maximum absolute atomic E-state index is 5.54. The molecule has 0 unspecified atom stereocenters. The minimum absolute atomic E-state index is 0.261. The molecule has 0 saturated heterocycles. The second-order valence-corrected chi connectivity index (χ2v) is 4.44. The smallest absolute Gasteiger partial charge is 0.226 e. The summed E-state index contributed by atoms with van der Waals surface area (Å²) in [4.78, 5) is 4.16. The Bertz CT molecular complexity index is 281. The van der Waals surface area contributed by atoms with Crippen LogP contribution in [-0.2, 0) is 6.42 Å². The van der Waals surface area contributed by atoms with Crippen molar-refractivity contribution in [1.29, 1.82) is 0 Å². The van der Waals surface area contributed by atoms with Gasteiger partial charge < -0.3 is 10.3 Å². The Balaban J connectivity index is 2.40. The normalized spacial score (nSPS) is 12.0. The van der Waals surface area contributed by atoms with Crippen molar-refractivity contribution in [2.24, 2.45) is 11.1 Å². The van der Waals surface area contributed by atoms with Gasteiger partial charge in [-0.25, -0.2) is 0 Å². The Morgan fingerprint density at radius 2 is 2.07 bits per heavy atom. The van der Waals surface area contributed by atoms with Crippen LogP contribution in [0.2, 0.25) is 0 Å². The molecule has 4 nitrogen and oxygen atoms in total. The summed E-state index contributed by atoms with van der Waals surface area (Å²) in [5.74, 6) is 1.43. The fourth-order valence-electron chi connectivity index (χ4n) is 1.40. The molecule has 0 radical (unpaired) electrons. The van der Waals surface area contributed by atoms with E-state index in [0.29, 0.717) is 5.82 Å². The van der Waals surface area contributed by atoms with E-state index >= 15 is 0 Å². The lowest BCUT2D eigenvalue weighted by Gasteiger charge is -2.22. The summed E-state index contributed by atoms with van der Waals surface area (Å²) in [7, 11) is 0. The molecule has 0 bridgehead atoms. The summed E-state index contributed by atoms with van der Waals surface area (Å²) >= 11 is 0. The molecule has 80 valence electrons. The highest BCUT2D eigenvalue weighted by molar-refractivity contribution is 4.84. The molecule has 0 atom stereocenters. The SMILES string of the molecule is Cc1noc(CCC(C)(C)CCN)n1. The maximum Gasteiger partial charge on any atom is 0.226 e. The lowest BCUT2D eigenvalue weighted by atomic mass is 9.84. The molecule has 0 saturated carbocycles. The molecule has 0 aliphatic rings. The van der Waals surface area contributed by atoms with E-state index in [1.165, 1.54) is 0 Å². The van der Waals surface area contributed by atoms with Crippen molar-refractivity contribution in [2.45, 2.75) is 40.0 Å². The quantitative estimate of drug-likeness (QED) is 0.780. The minimum Gasteiger partial charge on any atom is -0.339 e. The van der Waals surface area contributed by atoms with Gasteiger partial charge in [-0.15, -0.1) is 0 Å². The first-order valence-electron chi connectivity index (χ1n) is 5.03. The zero-order valence-electron chi connectivity index (χ0n) is 9.21. The molecule has 1 aromatic heterocycles. The zero-order chi connectivity index (χ0) is 10.6. The van der Waals surface area contributed by atoms with Crippen LogP contribution in [0.3, 0.4) is 0 Å². The zero-order valence-corrected chi connectivity index (χ0v) is 9.21. The van der Waals surface area contributed by atoms with Crippen molar-refractivity contribution < 1.29 is 4.52 Å². The van der Waals surface area contributed by atoms with Crippen LogP contribution in [0.5, 0.6) is 0 Å². The average molecular weight is 197 g/mol. The van der Waals surface area contributed by atoms with Crippen molar-refractivity contribution in [1.82, 2.24) is 10.1 Å². The van der Waals surface area contributed by atoms with Crippen LogP contribution in [-0.4, -0.2) is 16.7 Å². The van der Waals surface area contributed by atoms with Crippen molar-refractivity contribution in [3.63, 3.8) is 0 Å². The summed E-state index contributed by atoms with van der Waals surface area (Å²) in [5.41, 5.74) is 5.80. The van der Waals surface area contributed by atoms with Gasteiger partial charge >= 0.3 is 0 Å². The van der Waals surface area contributed by atoms with Gasteiger partial charge in [0.25, 0.3) is 0 Å². The molecular weight excluding hydrogens is 178 g/mol. The number of nitrogens with two attached hydrogens (primary N) is 1. The molecule has 0 fully saturated rings. The van der Waals surface area contributed by atoms with Gasteiger partial charge in [-0.1, -0.05) is 19.0 Å². The second kappa shape index (κ2) is 4.55. The predicted molar refractivity (Wildman–Crippen MR) is 54.8 cm³/mol. The third kappa shape index (κ3) is 3.46. The van der Waals surface area contributed by atoms with E-state index in [4.69, 9.17) is 10.3 Å². The number of aromatic nitrogens is 2. The molecule has 0 aromatic carbocycles. The number of hydrogen-bond donors (Lipinski definition) is 1. The van der Waals surface area contributed by atoms with Gasteiger partial charge in [0.15, 0.2) is 5.82 Å². The average Bonchev–Trinajstić information content (AvgIpc) is 2.48. The first kappa shape index (κ1) is 11.2. The Kier molecular flexibility index (Phi) is 3.63. The molecule has 1 aromatic rings. The summed E-state index contributed by atoms with van der Waals surface area (Å²) in [6.45, 7) is 6.99. The van der Waals surface area contributed by atoms with E-state index in [1.807, 2.05) is 6.92 Å². The molecular formula is C10H19N3O. The van der Waals surface area contributed by atoms with Gasteiger partial charge in [-0.05, 0) is 31.7 Å². The van der Waals surface area contributed by atoms with Gasteiger partial charge in [0.2, 0.25) is 5.89 Å². The largest absolute Gasteiger partial charge is 0.339 e. The van der Waals surface area contributed by atoms with Crippen LogP contribution in [0, 0.1) is 12.3 Å². The number of hydrogen-bond acceptors (Lipinski definition) is 4. The van der Waals surface area contributed by atoms with E-state index in [1.54, 1.807) is 0 Å². The number of rotatable bonds is 5. The molecule has 0 aliphatic heterocycles. The van der Waals surface area contributed by atoms with E-state index in [-0.39, 0.29) is 5.41 Å². The topological polar surface area (TPSA) is 64.9 Å². The molecule has 2 N–H and O–H groups in total. The molecule has 1 rings (SSSR count). The monoisotopic (exact) mass is 197 g/mol. The molecule has 0 spiro atoms. The summed E-state index contributed by atoms with van der Waals surface area (Å²) < 4.78 is 5.05. The first-order chi connectivity index (χ1) is 6.53. The van der Waals surface area contributed by atoms with Crippen molar-refractivity contribution in [3.8, 4) is 0 Å². The standard InChI is InChI=1S/C10H19N3O/c1-8-12-9(14-13-8)4-5-10(2,3)6-7-11/h4-7,11H2,1-3H3. The molecule has 14 heavy (non-hydrogen) atoms. The Morgan fingerprint density at radius 1 is 1.36 bits per heavy atom. The molecule has 1 heterocycles. The van der Waals surface area contributed by atoms with E-state index in [0.717, 1.165) is 31.7 Å². The van der Waals surface area contributed by atoms with Gasteiger partial charge in [0, 0.05) is 6.42 Å². The number of nitrogens with zero attached hydrogens (tertiary/aromatic N) is 2. The highest BCUT2D eigenvalue weighted by atomic mass is 16.5. The van der Waals surface area contributed by atoms with Crippen LogP contribution >= 0.6 is 0 Å². The fraction of sp³-hybridized carbons (Fsp3) is 0.800. The maximum atomic E-state index is 5.54. The van der Waals surface area contributed by atoms with E-state index in [2.05, 4.69) is 24.0 Å². The second-order valence-electron chi connectivity index (χ2n) is 4.44.